The quantitative estimate of drug-likeness (QED) is 0.406. The number of allylic oxidation sites excluding steroid dienone is 1. The monoisotopic (exact) mass is 491 g/mol. The Balaban J connectivity index is 1.36. The molecule has 2 aromatic carbocycles. The summed E-state index contributed by atoms with van der Waals surface area (Å²) in [4.78, 5) is 32.0. The lowest BCUT2D eigenvalue weighted by molar-refractivity contribution is 0.0747. The molecule has 7 nitrogen and oxygen atoms in total. The van der Waals surface area contributed by atoms with E-state index in [1.807, 2.05) is 47.4 Å². The number of methoxy groups -OCH3 is 1. The molecule has 1 amide bonds. The Hall–Kier alpha value is -4.26. The predicted octanol–water partition coefficient (Wildman–Crippen LogP) is 4.87. The van der Waals surface area contributed by atoms with Gasteiger partial charge in [0, 0.05) is 44.0 Å². The summed E-state index contributed by atoms with van der Waals surface area (Å²) in [7, 11) is 1.67. The number of carbonyl (C=O) groups is 1. The van der Waals surface area contributed by atoms with Crippen molar-refractivity contribution in [3.8, 4) is 5.75 Å². The molecule has 1 fully saturated rings. The number of benzene rings is 2. The molecule has 0 atom stereocenters. The van der Waals surface area contributed by atoms with Gasteiger partial charge in [-0.2, -0.15) is 0 Å². The van der Waals surface area contributed by atoms with Crippen molar-refractivity contribution in [2.75, 3.05) is 38.2 Å². The molecule has 0 radical (unpaired) electrons. The number of carbonyl (C=O) groups excluding carboxylic acids is 1. The first kappa shape index (κ1) is 23.2. The minimum Gasteiger partial charge on any atom is -0.497 e. The average molecular weight is 492 g/mol. The van der Waals surface area contributed by atoms with Crippen LogP contribution in [0.2, 0.25) is 0 Å². The van der Waals surface area contributed by atoms with Gasteiger partial charge in [-0.3, -0.25) is 4.79 Å². The summed E-state index contributed by atoms with van der Waals surface area (Å²) in [6, 6.07) is 17.9. The van der Waals surface area contributed by atoms with Crippen LogP contribution in [0.3, 0.4) is 0 Å². The van der Waals surface area contributed by atoms with Crippen molar-refractivity contribution in [2.24, 2.45) is 0 Å². The van der Waals surface area contributed by atoms with Crippen molar-refractivity contribution in [3.63, 3.8) is 0 Å². The second kappa shape index (κ2) is 10.0. The van der Waals surface area contributed by atoms with Crippen LogP contribution in [0.25, 0.3) is 22.6 Å². The topological polar surface area (TPSA) is 71.5 Å². The fourth-order valence-corrected chi connectivity index (χ4v) is 5.34. The molecule has 1 saturated heterocycles. The lowest BCUT2D eigenvalue weighted by Gasteiger charge is -2.35. The molecule has 37 heavy (non-hydrogen) atoms. The number of fused-ring (bicyclic) bond motifs is 2. The van der Waals surface area contributed by atoms with Gasteiger partial charge >= 0.3 is 0 Å². The van der Waals surface area contributed by atoms with Crippen molar-refractivity contribution < 1.29 is 9.53 Å². The number of nitrogens with zero attached hydrogens (tertiary/aromatic N) is 5. The number of aromatic nitrogens is 3. The number of para-hydroxylation sites is 1. The molecule has 0 spiro atoms. The van der Waals surface area contributed by atoms with Gasteiger partial charge in [0.2, 0.25) is 5.95 Å². The first-order chi connectivity index (χ1) is 18.2. The van der Waals surface area contributed by atoms with Crippen LogP contribution in [0.5, 0.6) is 5.75 Å². The molecule has 1 aliphatic carbocycles. The van der Waals surface area contributed by atoms with E-state index in [9.17, 15) is 4.79 Å². The highest BCUT2D eigenvalue weighted by atomic mass is 16.5. The maximum Gasteiger partial charge on any atom is 0.255 e. The van der Waals surface area contributed by atoms with Crippen LogP contribution in [-0.4, -0.2) is 59.0 Å². The van der Waals surface area contributed by atoms with Crippen molar-refractivity contribution >= 4 is 34.4 Å². The Bertz CT molecular complexity index is 1460. The van der Waals surface area contributed by atoms with Crippen LogP contribution >= 0.6 is 0 Å². The number of ether oxygens (including phenoxy) is 1. The summed E-state index contributed by atoms with van der Waals surface area (Å²) >= 11 is 0. The van der Waals surface area contributed by atoms with E-state index in [4.69, 9.17) is 9.72 Å². The lowest BCUT2D eigenvalue weighted by Crippen LogP contribution is -2.49. The minimum absolute atomic E-state index is 0.0918. The van der Waals surface area contributed by atoms with Gasteiger partial charge < -0.3 is 14.5 Å². The lowest BCUT2D eigenvalue weighted by atomic mass is 9.85. The molecule has 3 heterocycles. The zero-order chi connectivity index (χ0) is 25.2. The van der Waals surface area contributed by atoms with E-state index in [2.05, 4.69) is 33.1 Å². The standard InChI is InChI=1S/C30H29N5O2/c1-37-23-12-10-21(11-13-23)20-22-6-4-8-25-27(24-7-2-3-9-26(24)33-28(22)25)29(36)34-16-18-35(19-17-34)30-31-14-5-15-32-30/h2-3,5,7,9-15,20H,4,6,8,16-19H2,1H3/b22-20+. The molecule has 0 saturated carbocycles. The van der Waals surface area contributed by atoms with Gasteiger partial charge in [-0.25, -0.2) is 15.0 Å². The molecule has 6 rings (SSSR count). The molecule has 4 aromatic rings. The third kappa shape index (κ3) is 4.53. The van der Waals surface area contributed by atoms with Crippen LogP contribution in [-0.2, 0) is 6.42 Å². The highest BCUT2D eigenvalue weighted by molar-refractivity contribution is 6.09. The average Bonchev–Trinajstić information content (AvgIpc) is 2.97. The van der Waals surface area contributed by atoms with E-state index in [1.54, 1.807) is 19.5 Å². The minimum atomic E-state index is 0.0918. The third-order valence-corrected chi connectivity index (χ3v) is 7.24. The maximum atomic E-state index is 14.1. The maximum absolute atomic E-state index is 14.1. The fourth-order valence-electron chi connectivity index (χ4n) is 5.34. The van der Waals surface area contributed by atoms with Crippen LogP contribution in [0, 0.1) is 0 Å². The molecule has 0 N–H and O–H groups in total. The molecule has 1 aliphatic heterocycles. The number of hydrogen-bond donors (Lipinski definition) is 0. The van der Waals surface area contributed by atoms with Gasteiger partial charge in [0.05, 0.1) is 23.9 Å². The second-order valence-electron chi connectivity index (χ2n) is 9.46. The number of amides is 1. The number of pyridine rings is 1. The summed E-state index contributed by atoms with van der Waals surface area (Å²) in [5, 5.41) is 0.936. The van der Waals surface area contributed by atoms with Gasteiger partial charge in [0.25, 0.3) is 5.91 Å². The zero-order valence-corrected chi connectivity index (χ0v) is 20.9. The predicted molar refractivity (Wildman–Crippen MR) is 146 cm³/mol. The van der Waals surface area contributed by atoms with Crippen molar-refractivity contribution in [3.05, 3.63) is 89.4 Å². The zero-order valence-electron chi connectivity index (χ0n) is 20.9. The van der Waals surface area contributed by atoms with Gasteiger partial charge in [0.15, 0.2) is 0 Å². The molecular weight excluding hydrogens is 462 g/mol. The van der Waals surface area contributed by atoms with E-state index >= 15 is 0 Å². The third-order valence-electron chi connectivity index (χ3n) is 7.24. The Morgan fingerprint density at radius 3 is 2.43 bits per heavy atom. The molecule has 2 aromatic heterocycles. The summed E-state index contributed by atoms with van der Waals surface area (Å²) in [6.07, 6.45) is 8.50. The van der Waals surface area contributed by atoms with Crippen molar-refractivity contribution in [1.82, 2.24) is 19.9 Å². The summed E-state index contributed by atoms with van der Waals surface area (Å²) in [5.74, 6) is 1.64. The van der Waals surface area contributed by atoms with E-state index in [0.717, 1.165) is 64.2 Å². The van der Waals surface area contributed by atoms with Crippen molar-refractivity contribution in [2.45, 2.75) is 19.3 Å². The molecular formula is C30H29N5O2. The Kier molecular flexibility index (Phi) is 6.26. The summed E-state index contributed by atoms with van der Waals surface area (Å²) < 4.78 is 5.31. The highest BCUT2D eigenvalue weighted by Gasteiger charge is 2.30. The largest absolute Gasteiger partial charge is 0.497 e. The molecule has 186 valence electrons. The van der Waals surface area contributed by atoms with Gasteiger partial charge in [-0.1, -0.05) is 30.3 Å². The summed E-state index contributed by atoms with van der Waals surface area (Å²) in [6.45, 7) is 2.70. The van der Waals surface area contributed by atoms with E-state index < -0.39 is 0 Å². The van der Waals surface area contributed by atoms with Crippen LogP contribution in [0.1, 0.15) is 40.0 Å². The molecule has 7 heteroatoms. The molecule has 0 bridgehead atoms. The van der Waals surface area contributed by atoms with E-state index in [-0.39, 0.29) is 5.91 Å². The highest BCUT2D eigenvalue weighted by Crippen LogP contribution is 2.37. The van der Waals surface area contributed by atoms with Gasteiger partial charge in [-0.05, 0) is 66.3 Å². The van der Waals surface area contributed by atoms with Gasteiger partial charge in [0.1, 0.15) is 5.75 Å². The second-order valence-corrected chi connectivity index (χ2v) is 9.46. The van der Waals surface area contributed by atoms with Crippen LogP contribution in [0.15, 0.2) is 67.0 Å². The molecule has 0 unspecified atom stereocenters. The van der Waals surface area contributed by atoms with Crippen LogP contribution < -0.4 is 9.64 Å². The normalized spacial score (nSPS) is 16.6. The fraction of sp³-hybridized carbons (Fsp3) is 0.267. The van der Waals surface area contributed by atoms with Crippen LogP contribution in [0.4, 0.5) is 5.95 Å². The smallest absolute Gasteiger partial charge is 0.255 e. The summed E-state index contributed by atoms with van der Waals surface area (Å²) in [5.41, 5.74) is 5.99. The first-order valence-corrected chi connectivity index (χ1v) is 12.8. The number of anilines is 1. The van der Waals surface area contributed by atoms with E-state index in [0.29, 0.717) is 26.2 Å². The number of rotatable bonds is 4. The first-order valence-electron chi connectivity index (χ1n) is 12.8. The number of hydrogen-bond acceptors (Lipinski definition) is 6. The number of piperazine rings is 1. The Labute approximate surface area is 216 Å². The Morgan fingerprint density at radius 2 is 1.68 bits per heavy atom. The van der Waals surface area contributed by atoms with Crippen molar-refractivity contribution in [1.29, 1.82) is 0 Å². The van der Waals surface area contributed by atoms with Gasteiger partial charge in [-0.15, -0.1) is 0 Å². The molecule has 2 aliphatic rings. The Morgan fingerprint density at radius 1 is 0.919 bits per heavy atom. The van der Waals surface area contributed by atoms with E-state index in [1.165, 1.54) is 5.57 Å². The SMILES string of the molecule is COc1ccc(/C=C2\CCCc3c2nc2ccccc2c3C(=O)N2CCN(c3ncccn3)CC2)cc1.